The Morgan fingerprint density at radius 3 is 2.92 bits per heavy atom. The number of nitrogens with two attached hydrogens (primary N) is 1. The highest BCUT2D eigenvalue weighted by Gasteiger charge is 2.21. The van der Waals surface area contributed by atoms with Crippen molar-refractivity contribution in [1.82, 2.24) is 19.7 Å². The van der Waals surface area contributed by atoms with Crippen molar-refractivity contribution in [2.75, 3.05) is 18.9 Å². The van der Waals surface area contributed by atoms with E-state index in [1.165, 1.54) is 6.33 Å². The third kappa shape index (κ3) is 3.38. The highest BCUT2D eigenvalue weighted by molar-refractivity contribution is 6.30. The van der Waals surface area contributed by atoms with Crippen LogP contribution in [0.4, 0.5) is 5.82 Å². The van der Waals surface area contributed by atoms with E-state index in [-0.39, 0.29) is 0 Å². The highest BCUT2D eigenvalue weighted by Crippen LogP contribution is 2.32. The van der Waals surface area contributed by atoms with Gasteiger partial charge in [-0.1, -0.05) is 17.7 Å². The topological polar surface area (TPSA) is 88.1 Å². The number of aromatic nitrogens is 4. The molecule has 7 nitrogen and oxygen atoms in total. The Hall–Kier alpha value is -2.38. The highest BCUT2D eigenvalue weighted by atomic mass is 35.5. The molecule has 25 heavy (non-hydrogen) atoms. The molecule has 0 radical (unpaired) electrons. The molecule has 0 bridgehead atoms. The lowest BCUT2D eigenvalue weighted by molar-refractivity contribution is 0.0604. The Kier molecular flexibility index (Phi) is 4.42. The van der Waals surface area contributed by atoms with Gasteiger partial charge >= 0.3 is 0 Å². The molecule has 0 saturated carbocycles. The van der Waals surface area contributed by atoms with Crippen LogP contribution in [0.1, 0.15) is 12.8 Å². The van der Waals surface area contributed by atoms with Gasteiger partial charge in [0.2, 0.25) is 0 Å². The van der Waals surface area contributed by atoms with E-state index in [2.05, 4.69) is 15.1 Å². The maximum absolute atomic E-state index is 6.06. The quantitative estimate of drug-likeness (QED) is 0.769. The van der Waals surface area contributed by atoms with Crippen molar-refractivity contribution in [3.05, 3.63) is 35.6 Å². The number of ether oxygens (including phenoxy) is 2. The van der Waals surface area contributed by atoms with Crippen molar-refractivity contribution < 1.29 is 9.47 Å². The van der Waals surface area contributed by atoms with Gasteiger partial charge in [-0.25, -0.2) is 14.6 Å². The zero-order valence-electron chi connectivity index (χ0n) is 13.6. The van der Waals surface area contributed by atoms with Gasteiger partial charge in [0.25, 0.3) is 5.88 Å². The first kappa shape index (κ1) is 16.1. The summed E-state index contributed by atoms with van der Waals surface area (Å²) in [5, 5.41) is 5.81. The zero-order valence-corrected chi connectivity index (χ0v) is 14.3. The molecule has 1 saturated heterocycles. The van der Waals surface area contributed by atoms with Gasteiger partial charge in [-0.05, 0) is 37.0 Å². The molecule has 1 aliphatic rings. The van der Waals surface area contributed by atoms with Crippen molar-refractivity contribution in [2.45, 2.75) is 19.4 Å². The van der Waals surface area contributed by atoms with Gasteiger partial charge in [-0.3, -0.25) is 0 Å². The van der Waals surface area contributed by atoms with Crippen molar-refractivity contribution >= 4 is 28.5 Å². The van der Waals surface area contributed by atoms with Crippen molar-refractivity contribution in [1.29, 1.82) is 0 Å². The summed E-state index contributed by atoms with van der Waals surface area (Å²) in [6.07, 6.45) is 3.46. The second-order valence-corrected chi connectivity index (χ2v) is 6.50. The zero-order chi connectivity index (χ0) is 17.2. The Balaban J connectivity index is 1.70. The van der Waals surface area contributed by atoms with Gasteiger partial charge in [0, 0.05) is 24.8 Å². The number of rotatable bonds is 4. The molecule has 0 unspecified atom stereocenters. The van der Waals surface area contributed by atoms with E-state index < -0.39 is 0 Å². The van der Waals surface area contributed by atoms with Crippen LogP contribution in [0.25, 0.3) is 11.0 Å². The number of fused-ring (bicyclic) bond motifs is 1. The van der Waals surface area contributed by atoms with Crippen molar-refractivity contribution in [3.63, 3.8) is 0 Å². The smallest absolute Gasteiger partial charge is 0.251 e. The second kappa shape index (κ2) is 6.85. The fraction of sp³-hybridized carbons (Fsp3) is 0.353. The van der Waals surface area contributed by atoms with Gasteiger partial charge in [0.1, 0.15) is 23.3 Å². The normalized spacial score (nSPS) is 15.6. The minimum Gasteiger partial charge on any atom is -0.437 e. The Labute approximate surface area is 149 Å². The standard InChI is InChI=1S/C17H18ClN5O2/c18-12-2-1-3-13(8-12)25-17-14-15(19)20-10-21-16(14)23(22-17)9-11-4-6-24-7-5-11/h1-3,8,10-11H,4-7,9H2,(H2,19,20,21). The number of halogens is 1. The predicted molar refractivity (Wildman–Crippen MR) is 94.8 cm³/mol. The molecule has 8 heteroatoms. The number of hydrogen-bond acceptors (Lipinski definition) is 6. The second-order valence-electron chi connectivity index (χ2n) is 6.06. The number of hydrogen-bond donors (Lipinski definition) is 1. The van der Waals surface area contributed by atoms with Crippen molar-refractivity contribution in [2.24, 2.45) is 5.92 Å². The predicted octanol–water partition coefficient (Wildman–Crippen LogP) is 3.28. The van der Waals surface area contributed by atoms with E-state index in [4.69, 9.17) is 26.8 Å². The van der Waals surface area contributed by atoms with Crippen LogP contribution in [0.5, 0.6) is 11.6 Å². The maximum Gasteiger partial charge on any atom is 0.251 e. The van der Waals surface area contributed by atoms with Gasteiger partial charge in [0.05, 0.1) is 0 Å². The molecule has 2 N–H and O–H groups in total. The average molecular weight is 360 g/mol. The number of nitrogen functional groups attached to an aromatic ring is 1. The molecule has 130 valence electrons. The van der Waals surface area contributed by atoms with Crippen LogP contribution in [0.3, 0.4) is 0 Å². The molecular formula is C17H18ClN5O2. The average Bonchev–Trinajstić information content (AvgIpc) is 2.95. The van der Waals surface area contributed by atoms with Crippen LogP contribution < -0.4 is 10.5 Å². The minimum absolute atomic E-state index is 0.347. The fourth-order valence-electron chi connectivity index (χ4n) is 3.01. The van der Waals surface area contributed by atoms with E-state index in [0.717, 1.165) is 32.6 Å². The molecule has 0 aliphatic carbocycles. The molecule has 1 fully saturated rings. The summed E-state index contributed by atoms with van der Waals surface area (Å²) in [5.74, 6) is 1.82. The van der Waals surface area contributed by atoms with Crippen LogP contribution in [0.2, 0.25) is 5.02 Å². The van der Waals surface area contributed by atoms with E-state index >= 15 is 0 Å². The molecule has 1 aliphatic heterocycles. The summed E-state index contributed by atoms with van der Waals surface area (Å²) in [6.45, 7) is 2.31. The maximum atomic E-state index is 6.06. The monoisotopic (exact) mass is 359 g/mol. The number of benzene rings is 1. The molecule has 1 aromatic carbocycles. The summed E-state index contributed by atoms with van der Waals surface area (Å²) in [7, 11) is 0. The fourth-order valence-corrected chi connectivity index (χ4v) is 3.19. The largest absolute Gasteiger partial charge is 0.437 e. The van der Waals surface area contributed by atoms with Crippen LogP contribution in [-0.2, 0) is 11.3 Å². The molecule has 0 spiro atoms. The Morgan fingerprint density at radius 2 is 2.12 bits per heavy atom. The lowest BCUT2D eigenvalue weighted by Gasteiger charge is -2.21. The van der Waals surface area contributed by atoms with Gasteiger partial charge in [-0.2, -0.15) is 0 Å². The van der Waals surface area contributed by atoms with E-state index in [1.807, 2.05) is 16.8 Å². The van der Waals surface area contributed by atoms with Crippen LogP contribution in [-0.4, -0.2) is 33.0 Å². The summed E-state index contributed by atoms with van der Waals surface area (Å²) in [5.41, 5.74) is 6.73. The summed E-state index contributed by atoms with van der Waals surface area (Å²) < 4.78 is 13.2. The van der Waals surface area contributed by atoms with Crippen LogP contribution in [0.15, 0.2) is 30.6 Å². The van der Waals surface area contributed by atoms with Gasteiger partial charge in [0.15, 0.2) is 5.65 Å². The molecule has 2 aromatic heterocycles. The van der Waals surface area contributed by atoms with E-state index in [9.17, 15) is 0 Å². The van der Waals surface area contributed by atoms with E-state index in [0.29, 0.717) is 39.4 Å². The molecular weight excluding hydrogens is 342 g/mol. The first-order chi connectivity index (χ1) is 12.2. The lowest BCUT2D eigenvalue weighted by Crippen LogP contribution is -2.21. The summed E-state index contributed by atoms with van der Waals surface area (Å²) >= 11 is 6.03. The number of nitrogens with zero attached hydrogens (tertiary/aromatic N) is 4. The lowest BCUT2D eigenvalue weighted by atomic mass is 10.0. The Bertz CT molecular complexity index is 892. The summed E-state index contributed by atoms with van der Waals surface area (Å²) in [4.78, 5) is 8.43. The van der Waals surface area contributed by atoms with Crippen LogP contribution >= 0.6 is 11.6 Å². The van der Waals surface area contributed by atoms with E-state index in [1.54, 1.807) is 12.1 Å². The molecule has 4 rings (SSSR count). The van der Waals surface area contributed by atoms with Gasteiger partial charge < -0.3 is 15.2 Å². The Morgan fingerprint density at radius 1 is 1.28 bits per heavy atom. The van der Waals surface area contributed by atoms with Crippen molar-refractivity contribution in [3.8, 4) is 11.6 Å². The molecule has 3 aromatic rings. The first-order valence-corrected chi connectivity index (χ1v) is 8.56. The first-order valence-electron chi connectivity index (χ1n) is 8.19. The number of anilines is 1. The SMILES string of the molecule is Nc1ncnc2c1c(Oc1cccc(Cl)c1)nn2CC1CCOCC1. The van der Waals surface area contributed by atoms with Gasteiger partial charge in [-0.15, -0.1) is 5.10 Å². The molecule has 0 atom stereocenters. The minimum atomic E-state index is 0.347. The third-order valence-corrected chi connectivity index (χ3v) is 4.54. The molecule has 0 amide bonds. The third-order valence-electron chi connectivity index (χ3n) is 4.31. The van der Waals surface area contributed by atoms with Crippen LogP contribution in [0, 0.1) is 5.92 Å². The summed E-state index contributed by atoms with van der Waals surface area (Å²) in [6, 6.07) is 7.15. The molecule has 3 heterocycles.